The topological polar surface area (TPSA) is 12.4 Å². The molecule has 1 unspecified atom stereocenters. The Morgan fingerprint density at radius 2 is 2.42 bits per heavy atom. The molecule has 0 bridgehead atoms. The van der Waals surface area contributed by atoms with Gasteiger partial charge in [-0.2, -0.15) is 0 Å². The molecule has 1 aliphatic heterocycles. The van der Waals surface area contributed by atoms with Gasteiger partial charge in [-0.15, -0.1) is 0 Å². The van der Waals surface area contributed by atoms with Crippen molar-refractivity contribution in [2.24, 2.45) is 4.99 Å². The van der Waals surface area contributed by atoms with Crippen molar-refractivity contribution in [3.05, 3.63) is 33.4 Å². The summed E-state index contributed by atoms with van der Waals surface area (Å²) in [5, 5.41) is 0.873. The molecule has 0 aromatic rings. The highest BCUT2D eigenvalue weighted by atomic mass is 127. The molecule has 0 fully saturated rings. The number of dihydropyridines is 1. The standard InChI is InChI=1S/C9H9ClIN/c10-8-4-6-12-9(7-8)3-1-2-5-11/h1-6,9H,7H2/b3-1-,5-2-. The van der Waals surface area contributed by atoms with E-state index in [1.807, 2.05) is 28.4 Å². The molecule has 12 heavy (non-hydrogen) atoms. The lowest BCUT2D eigenvalue weighted by molar-refractivity contribution is 0.823. The van der Waals surface area contributed by atoms with Crippen molar-refractivity contribution >= 4 is 40.4 Å². The van der Waals surface area contributed by atoms with Crippen LogP contribution in [0.2, 0.25) is 0 Å². The Hall–Kier alpha value is -0.0900. The van der Waals surface area contributed by atoms with Crippen LogP contribution in [0.15, 0.2) is 38.4 Å². The zero-order valence-corrected chi connectivity index (χ0v) is 9.37. The van der Waals surface area contributed by atoms with Gasteiger partial charge in [-0.3, -0.25) is 4.99 Å². The van der Waals surface area contributed by atoms with Gasteiger partial charge in [0.15, 0.2) is 0 Å². The van der Waals surface area contributed by atoms with E-state index in [1.165, 1.54) is 0 Å². The minimum absolute atomic E-state index is 0.218. The van der Waals surface area contributed by atoms with Gasteiger partial charge in [-0.05, 0) is 10.2 Å². The average Bonchev–Trinajstić information content (AvgIpc) is 2.05. The first-order chi connectivity index (χ1) is 5.83. The molecule has 0 aliphatic carbocycles. The lowest BCUT2D eigenvalue weighted by Crippen LogP contribution is -2.03. The van der Waals surface area contributed by atoms with E-state index in [4.69, 9.17) is 11.6 Å². The van der Waals surface area contributed by atoms with E-state index in [2.05, 4.69) is 27.6 Å². The quantitative estimate of drug-likeness (QED) is 0.546. The summed E-state index contributed by atoms with van der Waals surface area (Å²) in [6, 6.07) is 0.218. The highest BCUT2D eigenvalue weighted by Gasteiger charge is 2.06. The van der Waals surface area contributed by atoms with Crippen molar-refractivity contribution in [2.45, 2.75) is 12.5 Å². The van der Waals surface area contributed by atoms with Crippen LogP contribution in [0.4, 0.5) is 0 Å². The van der Waals surface area contributed by atoms with Crippen molar-refractivity contribution in [3.63, 3.8) is 0 Å². The molecular formula is C9H9ClIN. The molecule has 0 spiro atoms. The van der Waals surface area contributed by atoms with Gasteiger partial charge in [0.1, 0.15) is 0 Å². The second-order valence-electron chi connectivity index (χ2n) is 2.39. The minimum Gasteiger partial charge on any atom is -0.285 e. The molecule has 64 valence electrons. The Kier molecular flexibility index (Phi) is 4.61. The smallest absolute Gasteiger partial charge is 0.0731 e. The van der Waals surface area contributed by atoms with Gasteiger partial charge in [-0.25, -0.2) is 0 Å². The third-order valence-electron chi connectivity index (χ3n) is 1.45. The lowest BCUT2D eigenvalue weighted by Gasteiger charge is -2.09. The molecule has 0 radical (unpaired) electrons. The highest BCUT2D eigenvalue weighted by Crippen LogP contribution is 2.16. The van der Waals surface area contributed by atoms with Gasteiger partial charge >= 0.3 is 0 Å². The molecule has 0 saturated heterocycles. The predicted octanol–water partition coefficient (Wildman–Crippen LogP) is 3.46. The number of nitrogens with zero attached hydrogens (tertiary/aromatic N) is 1. The van der Waals surface area contributed by atoms with E-state index in [9.17, 15) is 0 Å². The molecule has 0 saturated carbocycles. The maximum absolute atomic E-state index is 5.84. The van der Waals surface area contributed by atoms with Crippen molar-refractivity contribution in [1.82, 2.24) is 0 Å². The van der Waals surface area contributed by atoms with E-state index >= 15 is 0 Å². The summed E-state index contributed by atoms with van der Waals surface area (Å²) >= 11 is 8.02. The molecule has 0 amide bonds. The SMILES string of the molecule is ClC1=CC=NC(/C=C\C=C/I)C1. The first-order valence-electron chi connectivity index (χ1n) is 3.64. The van der Waals surface area contributed by atoms with Crippen LogP contribution in [-0.4, -0.2) is 12.3 Å². The second-order valence-corrected chi connectivity index (χ2v) is 3.59. The number of halogens is 2. The summed E-state index contributed by atoms with van der Waals surface area (Å²) < 4.78 is 1.96. The van der Waals surface area contributed by atoms with Crippen LogP contribution < -0.4 is 0 Å². The van der Waals surface area contributed by atoms with Crippen LogP contribution in [0.3, 0.4) is 0 Å². The number of hydrogen-bond acceptors (Lipinski definition) is 1. The third kappa shape index (κ3) is 3.54. The summed E-state index contributed by atoms with van der Waals surface area (Å²) in [5.41, 5.74) is 0. The minimum atomic E-state index is 0.218. The molecule has 0 N–H and O–H groups in total. The van der Waals surface area contributed by atoms with Crippen LogP contribution in [0, 0.1) is 0 Å². The zero-order chi connectivity index (χ0) is 8.81. The maximum atomic E-state index is 5.84. The normalized spacial score (nSPS) is 23.8. The first-order valence-corrected chi connectivity index (χ1v) is 5.26. The number of allylic oxidation sites excluding steroid dienone is 3. The average molecular weight is 294 g/mol. The van der Waals surface area contributed by atoms with Gasteiger partial charge in [0.2, 0.25) is 0 Å². The Balaban J connectivity index is 2.46. The molecule has 0 aromatic carbocycles. The second kappa shape index (κ2) is 5.54. The van der Waals surface area contributed by atoms with Crippen LogP contribution in [0.1, 0.15) is 6.42 Å². The van der Waals surface area contributed by atoms with Crippen molar-refractivity contribution in [2.75, 3.05) is 0 Å². The van der Waals surface area contributed by atoms with Crippen LogP contribution in [-0.2, 0) is 0 Å². The van der Waals surface area contributed by atoms with Crippen LogP contribution in [0.25, 0.3) is 0 Å². The fraction of sp³-hybridized carbons (Fsp3) is 0.222. The van der Waals surface area contributed by atoms with Gasteiger partial charge in [-0.1, -0.05) is 52.4 Å². The Morgan fingerprint density at radius 3 is 3.08 bits per heavy atom. The fourth-order valence-electron chi connectivity index (χ4n) is 0.907. The Labute approximate surface area is 91.0 Å². The van der Waals surface area contributed by atoms with Gasteiger partial charge in [0.25, 0.3) is 0 Å². The molecule has 0 aromatic heterocycles. The number of hydrogen-bond donors (Lipinski definition) is 0. The monoisotopic (exact) mass is 293 g/mol. The van der Waals surface area contributed by atoms with Crippen molar-refractivity contribution in [3.8, 4) is 0 Å². The van der Waals surface area contributed by atoms with E-state index < -0.39 is 0 Å². The largest absolute Gasteiger partial charge is 0.285 e. The predicted molar refractivity (Wildman–Crippen MR) is 63.1 cm³/mol. The maximum Gasteiger partial charge on any atom is 0.0731 e. The van der Waals surface area contributed by atoms with Gasteiger partial charge in [0, 0.05) is 17.7 Å². The summed E-state index contributed by atoms with van der Waals surface area (Å²) in [5.74, 6) is 0. The van der Waals surface area contributed by atoms with Crippen LogP contribution in [0.5, 0.6) is 0 Å². The molecular weight excluding hydrogens is 284 g/mol. The van der Waals surface area contributed by atoms with Gasteiger partial charge in [0.05, 0.1) is 6.04 Å². The highest BCUT2D eigenvalue weighted by molar-refractivity contribution is 14.1. The molecule has 1 atom stereocenters. The van der Waals surface area contributed by atoms with Crippen molar-refractivity contribution < 1.29 is 0 Å². The Morgan fingerprint density at radius 1 is 1.58 bits per heavy atom. The fourth-order valence-corrected chi connectivity index (χ4v) is 1.36. The van der Waals surface area contributed by atoms with E-state index in [0.717, 1.165) is 11.5 Å². The molecule has 1 nitrogen and oxygen atoms in total. The number of rotatable bonds is 2. The molecule has 1 rings (SSSR count). The van der Waals surface area contributed by atoms with Crippen molar-refractivity contribution in [1.29, 1.82) is 0 Å². The summed E-state index contributed by atoms with van der Waals surface area (Å²) in [4.78, 5) is 4.24. The molecule has 1 heterocycles. The zero-order valence-electron chi connectivity index (χ0n) is 6.45. The van der Waals surface area contributed by atoms with E-state index in [-0.39, 0.29) is 6.04 Å². The van der Waals surface area contributed by atoms with Crippen LogP contribution >= 0.6 is 34.2 Å². The first kappa shape index (κ1) is 9.99. The number of aliphatic imine (C=N–C) groups is 1. The summed E-state index contributed by atoms with van der Waals surface area (Å²) in [6.45, 7) is 0. The summed E-state index contributed by atoms with van der Waals surface area (Å²) in [7, 11) is 0. The summed E-state index contributed by atoms with van der Waals surface area (Å²) in [6.07, 6.45) is 10.4. The third-order valence-corrected chi connectivity index (χ3v) is 2.15. The Bertz CT molecular complexity index is 253. The van der Waals surface area contributed by atoms with Gasteiger partial charge < -0.3 is 0 Å². The lowest BCUT2D eigenvalue weighted by atomic mass is 10.1. The van der Waals surface area contributed by atoms with E-state index in [0.29, 0.717) is 0 Å². The van der Waals surface area contributed by atoms with E-state index in [1.54, 1.807) is 6.21 Å². The molecule has 3 heteroatoms. The molecule has 1 aliphatic rings.